The summed E-state index contributed by atoms with van der Waals surface area (Å²) in [4.78, 5) is 28.3. The number of rotatable bonds is 8. The Labute approximate surface area is 204 Å². The van der Waals surface area contributed by atoms with E-state index in [1.54, 1.807) is 22.4 Å². The molecule has 1 aliphatic heterocycles. The monoisotopic (exact) mass is 503 g/mol. The maximum atomic E-state index is 15.1. The van der Waals surface area contributed by atoms with E-state index in [4.69, 9.17) is 0 Å². The predicted octanol–water partition coefficient (Wildman–Crippen LogP) is 0.972. The van der Waals surface area contributed by atoms with Crippen molar-refractivity contribution in [2.45, 2.75) is 30.1 Å². The lowest BCUT2D eigenvalue weighted by Gasteiger charge is -2.37. The Bertz CT molecular complexity index is 1320. The summed E-state index contributed by atoms with van der Waals surface area (Å²) in [6.45, 7) is 2.93. The molecule has 13 heteroatoms. The van der Waals surface area contributed by atoms with Crippen molar-refractivity contribution in [3.63, 3.8) is 0 Å². The van der Waals surface area contributed by atoms with Crippen LogP contribution in [0.2, 0.25) is 0 Å². The summed E-state index contributed by atoms with van der Waals surface area (Å²) >= 11 is 1.39. The number of thioether (sulfide) groups is 1. The van der Waals surface area contributed by atoms with E-state index in [1.165, 1.54) is 24.0 Å². The SMILES string of the molecule is Cn1nnnc1SCC(O)CN1CCN(c2cc3c(cc2F)c(=O)c(C(=O)O)cn3C2CC2)CC1. The Morgan fingerprint density at radius 1 is 1.26 bits per heavy atom. The summed E-state index contributed by atoms with van der Waals surface area (Å²) in [5.41, 5.74) is -0.0343. The standard InChI is InChI=1S/C22H26FN7O4S/c1-27-22(24-25-26-27)35-12-14(31)10-28-4-6-29(7-5-28)19-9-18-15(8-17(19)23)20(32)16(21(33)34)11-30(18)13-2-3-13/h8-9,11,13-14,31H,2-7,10,12H2,1H3,(H,33,34). The largest absolute Gasteiger partial charge is 0.477 e. The number of hydrogen-bond acceptors (Lipinski definition) is 9. The van der Waals surface area contributed by atoms with Crippen LogP contribution in [0.4, 0.5) is 10.1 Å². The van der Waals surface area contributed by atoms with Gasteiger partial charge in [0.15, 0.2) is 0 Å². The van der Waals surface area contributed by atoms with Gasteiger partial charge in [0.25, 0.3) is 0 Å². The van der Waals surface area contributed by atoms with Gasteiger partial charge in [-0.2, -0.15) is 0 Å². The number of halogens is 1. The van der Waals surface area contributed by atoms with Crippen molar-refractivity contribution >= 4 is 34.3 Å². The van der Waals surface area contributed by atoms with Crippen LogP contribution in [0.15, 0.2) is 28.3 Å². The highest BCUT2D eigenvalue weighted by atomic mass is 32.2. The van der Waals surface area contributed by atoms with Crippen LogP contribution in [0.1, 0.15) is 29.2 Å². The fourth-order valence-electron chi connectivity index (χ4n) is 4.44. The maximum absolute atomic E-state index is 15.1. The number of benzene rings is 1. The Morgan fingerprint density at radius 2 is 2.00 bits per heavy atom. The van der Waals surface area contributed by atoms with Crippen LogP contribution in [0, 0.1) is 5.82 Å². The van der Waals surface area contributed by atoms with Gasteiger partial charge in [-0.3, -0.25) is 9.69 Å². The molecule has 3 heterocycles. The Morgan fingerprint density at radius 3 is 2.63 bits per heavy atom. The number of anilines is 1. The van der Waals surface area contributed by atoms with Gasteiger partial charge in [0, 0.05) is 63.1 Å². The summed E-state index contributed by atoms with van der Waals surface area (Å²) in [5.74, 6) is -1.38. The molecule has 2 aromatic heterocycles. The molecule has 0 amide bonds. The molecule has 1 saturated heterocycles. The van der Waals surface area contributed by atoms with E-state index >= 15 is 4.39 Å². The molecule has 1 aromatic carbocycles. The molecule has 5 rings (SSSR count). The lowest BCUT2D eigenvalue weighted by Crippen LogP contribution is -2.49. The number of aryl methyl sites for hydroxylation is 1. The van der Waals surface area contributed by atoms with Gasteiger partial charge in [0.1, 0.15) is 11.4 Å². The zero-order chi connectivity index (χ0) is 24.7. The number of hydrogen-bond donors (Lipinski definition) is 2. The predicted molar refractivity (Wildman–Crippen MR) is 128 cm³/mol. The van der Waals surface area contributed by atoms with Gasteiger partial charge in [0.2, 0.25) is 10.6 Å². The number of carboxylic acid groups (broad SMARTS) is 1. The van der Waals surface area contributed by atoms with Gasteiger partial charge >= 0.3 is 5.97 Å². The number of aliphatic hydroxyl groups excluding tert-OH is 1. The molecule has 2 aliphatic rings. The van der Waals surface area contributed by atoms with Gasteiger partial charge < -0.3 is 19.7 Å². The third-order valence-corrected chi connectivity index (χ3v) is 7.59. The quantitative estimate of drug-likeness (QED) is 0.429. The van der Waals surface area contributed by atoms with Gasteiger partial charge in [-0.1, -0.05) is 11.8 Å². The number of aliphatic hydroxyl groups is 1. The zero-order valence-electron chi connectivity index (χ0n) is 19.2. The Hall–Kier alpha value is -3.03. The number of β-amino-alcohol motifs (C(OH)–C–C–N with tert-alkyl or cyclic N) is 1. The first-order valence-corrected chi connectivity index (χ1v) is 12.4. The molecule has 3 aromatic rings. The first-order chi connectivity index (χ1) is 16.8. The summed E-state index contributed by atoms with van der Waals surface area (Å²) in [5, 5.41) is 31.8. The number of pyridine rings is 1. The fraction of sp³-hybridized carbons (Fsp3) is 0.500. The molecular weight excluding hydrogens is 477 g/mol. The summed E-state index contributed by atoms with van der Waals surface area (Å²) in [7, 11) is 1.74. The van der Waals surface area contributed by atoms with Crippen molar-refractivity contribution in [2.24, 2.45) is 7.05 Å². The molecule has 0 radical (unpaired) electrons. The second-order valence-electron chi connectivity index (χ2n) is 8.97. The molecule has 186 valence electrons. The number of aromatic carboxylic acids is 1. The highest BCUT2D eigenvalue weighted by Crippen LogP contribution is 2.38. The zero-order valence-corrected chi connectivity index (χ0v) is 20.0. The van der Waals surface area contributed by atoms with E-state index in [1.807, 2.05) is 4.90 Å². The van der Waals surface area contributed by atoms with E-state index in [0.717, 1.165) is 12.8 Å². The van der Waals surface area contributed by atoms with Crippen molar-refractivity contribution in [3.8, 4) is 0 Å². The van der Waals surface area contributed by atoms with Gasteiger partial charge in [-0.05, 0) is 35.4 Å². The smallest absolute Gasteiger partial charge is 0.341 e. The number of nitrogens with zero attached hydrogens (tertiary/aromatic N) is 7. The van der Waals surface area contributed by atoms with Crippen LogP contribution in [0.5, 0.6) is 0 Å². The maximum Gasteiger partial charge on any atom is 0.341 e. The van der Waals surface area contributed by atoms with Crippen LogP contribution in [-0.2, 0) is 7.05 Å². The number of carbonyl (C=O) groups is 1. The van der Waals surface area contributed by atoms with Crippen molar-refractivity contribution in [2.75, 3.05) is 43.4 Å². The summed E-state index contributed by atoms with van der Waals surface area (Å²) in [6, 6.07) is 2.97. The topological polar surface area (TPSA) is 130 Å². The second kappa shape index (κ2) is 9.55. The first kappa shape index (κ1) is 23.7. The second-order valence-corrected chi connectivity index (χ2v) is 9.96. The summed E-state index contributed by atoms with van der Waals surface area (Å²) < 4.78 is 18.5. The van der Waals surface area contributed by atoms with Crippen molar-refractivity contribution in [3.05, 3.63) is 39.9 Å². The number of piperazine rings is 1. The molecule has 2 N–H and O–H groups in total. The van der Waals surface area contributed by atoms with Crippen LogP contribution in [-0.4, -0.2) is 90.4 Å². The van der Waals surface area contributed by atoms with Crippen LogP contribution in [0.3, 0.4) is 0 Å². The first-order valence-electron chi connectivity index (χ1n) is 11.4. The summed E-state index contributed by atoms with van der Waals surface area (Å²) in [6.07, 6.45) is 2.63. The highest BCUT2D eigenvalue weighted by Gasteiger charge is 2.28. The molecule has 35 heavy (non-hydrogen) atoms. The number of tetrazole rings is 1. The molecule has 0 bridgehead atoms. The molecule has 2 fully saturated rings. The third-order valence-electron chi connectivity index (χ3n) is 6.44. The highest BCUT2D eigenvalue weighted by molar-refractivity contribution is 7.99. The number of fused-ring (bicyclic) bond motifs is 1. The van der Waals surface area contributed by atoms with Crippen LogP contribution in [0.25, 0.3) is 10.9 Å². The van der Waals surface area contributed by atoms with Crippen molar-refractivity contribution in [1.29, 1.82) is 0 Å². The number of carboxylic acids is 1. The molecule has 1 unspecified atom stereocenters. The number of aromatic nitrogens is 5. The molecule has 1 saturated carbocycles. The fourth-order valence-corrected chi connectivity index (χ4v) is 5.21. The van der Waals surface area contributed by atoms with E-state index < -0.39 is 23.3 Å². The van der Waals surface area contributed by atoms with E-state index in [2.05, 4.69) is 20.4 Å². The molecule has 1 aliphatic carbocycles. The third kappa shape index (κ3) is 4.88. The van der Waals surface area contributed by atoms with E-state index in [9.17, 15) is 19.8 Å². The lowest BCUT2D eigenvalue weighted by molar-refractivity contribution is 0.0694. The van der Waals surface area contributed by atoms with Gasteiger partial charge in [0.05, 0.1) is 17.3 Å². The molecule has 0 spiro atoms. The lowest BCUT2D eigenvalue weighted by atomic mass is 10.1. The van der Waals surface area contributed by atoms with Crippen LogP contribution >= 0.6 is 11.8 Å². The van der Waals surface area contributed by atoms with E-state index in [-0.39, 0.29) is 17.0 Å². The van der Waals surface area contributed by atoms with Crippen molar-refractivity contribution < 1.29 is 19.4 Å². The van der Waals surface area contributed by atoms with E-state index in [0.29, 0.717) is 54.8 Å². The molecular formula is C22H26FN7O4S. The molecule has 1 atom stereocenters. The average Bonchev–Trinajstić information content (AvgIpc) is 3.59. The van der Waals surface area contributed by atoms with Gasteiger partial charge in [-0.25, -0.2) is 13.9 Å². The Balaban J connectivity index is 1.28. The minimum absolute atomic E-state index is 0.0930. The normalized spacial score (nSPS) is 17.7. The average molecular weight is 504 g/mol. The minimum Gasteiger partial charge on any atom is -0.477 e. The van der Waals surface area contributed by atoms with Gasteiger partial charge in [-0.15, -0.1) is 5.10 Å². The minimum atomic E-state index is -1.30. The van der Waals surface area contributed by atoms with Crippen molar-refractivity contribution in [1.82, 2.24) is 29.7 Å². The molecule has 11 nitrogen and oxygen atoms in total. The Kier molecular flexibility index (Phi) is 6.47. The van der Waals surface area contributed by atoms with Crippen LogP contribution < -0.4 is 10.3 Å².